The van der Waals surface area contributed by atoms with Crippen molar-refractivity contribution in [3.05, 3.63) is 42.3 Å². The van der Waals surface area contributed by atoms with E-state index in [-0.39, 0.29) is 24.4 Å². The molecule has 1 aromatic heterocycles. The van der Waals surface area contributed by atoms with Gasteiger partial charge in [-0.05, 0) is 19.1 Å². The largest absolute Gasteiger partial charge is 0.444 e. The Kier molecular flexibility index (Phi) is 7.15. The second-order valence-electron chi connectivity index (χ2n) is 5.64. The van der Waals surface area contributed by atoms with Crippen molar-refractivity contribution in [2.75, 3.05) is 25.4 Å². The van der Waals surface area contributed by atoms with Gasteiger partial charge in [0.25, 0.3) is 0 Å². The zero-order valence-electron chi connectivity index (χ0n) is 13.6. The van der Waals surface area contributed by atoms with E-state index in [1.165, 1.54) is 0 Å². The maximum Gasteiger partial charge on any atom is 0.232 e. The first-order valence-electron chi connectivity index (χ1n) is 7.82. The van der Waals surface area contributed by atoms with E-state index in [1.807, 2.05) is 35.2 Å². The van der Waals surface area contributed by atoms with Crippen LogP contribution in [0.2, 0.25) is 0 Å². The van der Waals surface area contributed by atoms with Crippen molar-refractivity contribution in [1.82, 2.24) is 15.2 Å². The van der Waals surface area contributed by atoms with Crippen molar-refractivity contribution in [3.8, 4) is 11.5 Å². The molecule has 0 unspecified atom stereocenters. The summed E-state index contributed by atoms with van der Waals surface area (Å²) in [6.07, 6.45) is 1.67. The van der Waals surface area contributed by atoms with Crippen LogP contribution in [0.5, 0.6) is 0 Å². The van der Waals surface area contributed by atoms with Gasteiger partial charge in [-0.25, -0.2) is 4.98 Å². The first-order valence-corrected chi connectivity index (χ1v) is 8.97. The van der Waals surface area contributed by atoms with Gasteiger partial charge in [-0.1, -0.05) is 18.2 Å². The quantitative estimate of drug-likeness (QED) is 0.880. The van der Waals surface area contributed by atoms with Gasteiger partial charge in [-0.2, -0.15) is 0 Å². The highest BCUT2D eigenvalue weighted by Gasteiger charge is 2.22. The van der Waals surface area contributed by atoms with Crippen molar-refractivity contribution in [3.63, 3.8) is 0 Å². The summed E-state index contributed by atoms with van der Waals surface area (Å²) in [4.78, 5) is 18.7. The topological polar surface area (TPSA) is 58.4 Å². The van der Waals surface area contributed by atoms with Crippen LogP contribution in [0.3, 0.4) is 0 Å². The molecule has 1 amide bonds. The van der Waals surface area contributed by atoms with E-state index in [1.54, 1.807) is 18.0 Å². The van der Waals surface area contributed by atoms with E-state index in [0.717, 1.165) is 30.9 Å². The number of hydrogen-bond acceptors (Lipinski definition) is 5. The highest BCUT2D eigenvalue weighted by Crippen LogP contribution is 2.20. The summed E-state index contributed by atoms with van der Waals surface area (Å²) in [5.41, 5.74) is 1.84. The fourth-order valence-electron chi connectivity index (χ4n) is 2.62. The number of aromatic nitrogens is 1. The molecule has 1 N–H and O–H groups in total. The van der Waals surface area contributed by atoms with E-state index in [2.05, 4.69) is 17.2 Å². The number of carbonyl (C=O) groups excluding carboxylic acids is 1. The Balaban J connectivity index is 0.00000208. The molecule has 3 rings (SSSR count). The van der Waals surface area contributed by atoms with E-state index in [9.17, 15) is 4.79 Å². The van der Waals surface area contributed by atoms with Gasteiger partial charge >= 0.3 is 0 Å². The van der Waals surface area contributed by atoms with Gasteiger partial charge < -0.3 is 14.6 Å². The molecule has 1 atom stereocenters. The van der Waals surface area contributed by atoms with Gasteiger partial charge in [0.2, 0.25) is 11.8 Å². The predicted molar refractivity (Wildman–Crippen MR) is 99.4 cm³/mol. The fraction of sp³-hybridized carbons (Fsp3) is 0.412. The van der Waals surface area contributed by atoms with Crippen molar-refractivity contribution in [2.45, 2.75) is 18.7 Å². The van der Waals surface area contributed by atoms with Crippen molar-refractivity contribution < 1.29 is 9.21 Å². The lowest BCUT2D eigenvalue weighted by molar-refractivity contribution is -0.131. The van der Waals surface area contributed by atoms with Gasteiger partial charge in [0.15, 0.2) is 0 Å². The number of nitrogens with one attached hydrogen (secondary N) is 1. The second-order valence-corrected chi connectivity index (χ2v) is 6.63. The van der Waals surface area contributed by atoms with Crippen molar-refractivity contribution >= 4 is 30.1 Å². The summed E-state index contributed by atoms with van der Waals surface area (Å²) in [6.45, 7) is 4.63. The smallest absolute Gasteiger partial charge is 0.232 e. The Labute approximate surface area is 152 Å². The van der Waals surface area contributed by atoms with E-state index in [0.29, 0.717) is 17.4 Å². The highest BCUT2D eigenvalue weighted by molar-refractivity contribution is 7.99. The molecule has 0 spiro atoms. The minimum absolute atomic E-state index is 0. The van der Waals surface area contributed by atoms with Crippen LogP contribution in [0.1, 0.15) is 12.6 Å². The number of benzene rings is 1. The van der Waals surface area contributed by atoms with Crippen LogP contribution in [0.4, 0.5) is 0 Å². The molecular formula is C17H22ClN3O2S. The second kappa shape index (κ2) is 9.11. The first-order chi connectivity index (χ1) is 11.2. The zero-order chi connectivity index (χ0) is 16.1. The normalized spacial score (nSPS) is 17.4. The SMILES string of the molecule is C[C@H]1CNCCN1C(=O)CSCc1coc(-c2ccccc2)n1.Cl. The molecule has 0 saturated carbocycles. The Morgan fingerprint density at radius 2 is 2.21 bits per heavy atom. The first kappa shape index (κ1) is 18.8. The van der Waals surface area contributed by atoms with Crippen LogP contribution >= 0.6 is 24.2 Å². The maximum absolute atomic E-state index is 12.3. The lowest BCUT2D eigenvalue weighted by Crippen LogP contribution is -2.52. The summed E-state index contributed by atoms with van der Waals surface area (Å²) in [6, 6.07) is 10.1. The standard InChI is InChI=1S/C17H21N3O2S.ClH/c1-13-9-18-7-8-20(13)16(21)12-23-11-15-10-22-17(19-15)14-5-3-2-4-6-14;/h2-6,10,13,18H,7-9,11-12H2,1H3;1H/t13-;/m0./s1. The lowest BCUT2D eigenvalue weighted by atomic mass is 10.2. The van der Waals surface area contributed by atoms with Gasteiger partial charge in [0.1, 0.15) is 6.26 Å². The Morgan fingerprint density at radius 1 is 1.42 bits per heavy atom. The van der Waals surface area contributed by atoms with Crippen LogP contribution in [0.25, 0.3) is 11.5 Å². The molecule has 5 nitrogen and oxygen atoms in total. The summed E-state index contributed by atoms with van der Waals surface area (Å²) in [5, 5.41) is 3.30. The monoisotopic (exact) mass is 367 g/mol. The summed E-state index contributed by atoms with van der Waals surface area (Å²) < 4.78 is 5.51. The van der Waals surface area contributed by atoms with Crippen molar-refractivity contribution in [2.24, 2.45) is 0 Å². The molecule has 1 saturated heterocycles. The molecule has 24 heavy (non-hydrogen) atoms. The molecule has 7 heteroatoms. The Bertz CT molecular complexity index is 650. The molecular weight excluding hydrogens is 346 g/mol. The van der Waals surface area contributed by atoms with Crippen LogP contribution < -0.4 is 5.32 Å². The molecule has 1 fully saturated rings. The molecule has 0 bridgehead atoms. The van der Waals surface area contributed by atoms with Gasteiger partial charge in [0, 0.05) is 37.0 Å². The third-order valence-electron chi connectivity index (χ3n) is 3.87. The van der Waals surface area contributed by atoms with Gasteiger partial charge in [0.05, 0.1) is 11.4 Å². The number of nitrogens with zero attached hydrogens (tertiary/aromatic N) is 2. The highest BCUT2D eigenvalue weighted by atomic mass is 35.5. The molecule has 130 valence electrons. The number of piperazine rings is 1. The molecule has 0 radical (unpaired) electrons. The van der Waals surface area contributed by atoms with Crippen LogP contribution in [-0.4, -0.2) is 47.2 Å². The number of rotatable bonds is 5. The predicted octanol–water partition coefficient (Wildman–Crippen LogP) is 2.82. The number of hydrogen-bond donors (Lipinski definition) is 1. The fourth-order valence-corrected chi connectivity index (χ4v) is 3.41. The molecule has 1 aliphatic heterocycles. The van der Waals surface area contributed by atoms with E-state index in [4.69, 9.17) is 4.42 Å². The van der Waals surface area contributed by atoms with Gasteiger partial charge in [-0.3, -0.25) is 4.79 Å². The van der Waals surface area contributed by atoms with Crippen LogP contribution in [0, 0.1) is 0 Å². The number of amides is 1. The van der Waals surface area contributed by atoms with Crippen LogP contribution in [0.15, 0.2) is 41.0 Å². The van der Waals surface area contributed by atoms with Crippen LogP contribution in [-0.2, 0) is 10.5 Å². The molecule has 0 aliphatic carbocycles. The Hall–Kier alpha value is -1.50. The Morgan fingerprint density at radius 3 is 2.96 bits per heavy atom. The molecule has 2 heterocycles. The maximum atomic E-state index is 12.3. The molecule has 1 aliphatic rings. The van der Waals surface area contributed by atoms with Gasteiger partial charge in [-0.15, -0.1) is 24.2 Å². The van der Waals surface area contributed by atoms with Crippen molar-refractivity contribution in [1.29, 1.82) is 0 Å². The minimum Gasteiger partial charge on any atom is -0.444 e. The summed E-state index contributed by atoms with van der Waals surface area (Å²) in [5.74, 6) is 2.00. The molecule has 1 aromatic carbocycles. The van der Waals surface area contributed by atoms with E-state index < -0.39 is 0 Å². The third-order valence-corrected chi connectivity index (χ3v) is 4.82. The summed E-state index contributed by atoms with van der Waals surface area (Å²) in [7, 11) is 0. The number of halogens is 1. The number of carbonyl (C=O) groups is 1. The number of thioether (sulfide) groups is 1. The molecule has 2 aromatic rings. The average molecular weight is 368 g/mol. The summed E-state index contributed by atoms with van der Waals surface area (Å²) >= 11 is 1.58. The lowest BCUT2D eigenvalue weighted by Gasteiger charge is -2.33. The van der Waals surface area contributed by atoms with E-state index >= 15 is 0 Å². The average Bonchev–Trinajstić information content (AvgIpc) is 3.05. The minimum atomic E-state index is 0. The zero-order valence-corrected chi connectivity index (χ0v) is 15.2. The number of oxazole rings is 1. The third kappa shape index (κ3) is 4.75.